The molecule has 2 N–H and O–H groups in total. The molecule has 0 saturated heterocycles. The van der Waals surface area contributed by atoms with E-state index < -0.39 is 0 Å². The molecule has 4 nitrogen and oxygen atoms in total. The summed E-state index contributed by atoms with van der Waals surface area (Å²) in [4.78, 5) is 11.4. The summed E-state index contributed by atoms with van der Waals surface area (Å²) in [5.74, 6) is 0.649. The molecule has 0 bridgehead atoms. The molecule has 104 valence electrons. The van der Waals surface area contributed by atoms with Gasteiger partial charge in [-0.1, -0.05) is 26.8 Å². The highest BCUT2D eigenvalue weighted by molar-refractivity contribution is 5.95. The van der Waals surface area contributed by atoms with E-state index in [1.54, 1.807) is 0 Å². The number of anilines is 1. The van der Waals surface area contributed by atoms with Crippen LogP contribution in [0.1, 0.15) is 38.8 Å². The highest BCUT2D eigenvalue weighted by atomic mass is 16.5. The molecule has 0 spiro atoms. The molecule has 0 radical (unpaired) electrons. The van der Waals surface area contributed by atoms with Crippen LogP contribution in [0, 0.1) is 5.41 Å². The van der Waals surface area contributed by atoms with Crippen LogP contribution in [0.5, 0.6) is 5.75 Å². The van der Waals surface area contributed by atoms with Crippen LogP contribution in [0.4, 0.5) is 5.69 Å². The maximum atomic E-state index is 11.4. The summed E-state index contributed by atoms with van der Waals surface area (Å²) in [7, 11) is 1.96. The van der Waals surface area contributed by atoms with Gasteiger partial charge in [-0.25, -0.2) is 0 Å². The molecule has 1 aliphatic rings. The molecule has 1 amide bonds. The topological polar surface area (TPSA) is 50.4 Å². The number of hydrogen-bond donors (Lipinski definition) is 2. The Balaban J connectivity index is 2.24. The van der Waals surface area contributed by atoms with Crippen molar-refractivity contribution in [2.75, 3.05) is 19.0 Å². The molecule has 0 aliphatic carbocycles. The predicted molar refractivity (Wildman–Crippen MR) is 76.4 cm³/mol. The van der Waals surface area contributed by atoms with E-state index in [9.17, 15) is 4.79 Å². The highest BCUT2D eigenvalue weighted by Crippen LogP contribution is 2.34. The molecule has 1 heterocycles. The Kier molecular flexibility index (Phi) is 3.80. The van der Waals surface area contributed by atoms with Crippen molar-refractivity contribution in [2.45, 2.75) is 33.2 Å². The zero-order chi connectivity index (χ0) is 14.0. The fourth-order valence-electron chi connectivity index (χ4n) is 2.32. The van der Waals surface area contributed by atoms with E-state index in [1.165, 1.54) is 5.56 Å². The van der Waals surface area contributed by atoms with Crippen LogP contribution in [0.3, 0.4) is 0 Å². The van der Waals surface area contributed by atoms with Gasteiger partial charge >= 0.3 is 0 Å². The minimum atomic E-state index is -0.0959. The first-order chi connectivity index (χ1) is 8.89. The number of nitrogens with one attached hydrogen (secondary N) is 2. The van der Waals surface area contributed by atoms with Crippen LogP contribution in [-0.2, 0) is 4.79 Å². The third-order valence-electron chi connectivity index (χ3n) is 3.20. The number of ether oxygens (including phenoxy) is 1. The number of carbonyl (C=O) groups excluding carboxylic acids is 1. The lowest BCUT2D eigenvalue weighted by molar-refractivity contribution is -0.118. The second kappa shape index (κ2) is 5.21. The Morgan fingerprint density at radius 1 is 1.42 bits per heavy atom. The fourth-order valence-corrected chi connectivity index (χ4v) is 2.32. The summed E-state index contributed by atoms with van der Waals surface area (Å²) in [5, 5.41) is 6.19. The summed E-state index contributed by atoms with van der Waals surface area (Å²) in [6.07, 6.45) is 1.02. The van der Waals surface area contributed by atoms with Crippen molar-refractivity contribution in [3.05, 3.63) is 23.8 Å². The van der Waals surface area contributed by atoms with Crippen LogP contribution in [0.25, 0.3) is 0 Å². The molecule has 1 atom stereocenters. The Labute approximate surface area is 114 Å². The smallest absolute Gasteiger partial charge is 0.262 e. The number of amides is 1. The molecule has 0 aromatic heterocycles. The Morgan fingerprint density at radius 2 is 2.16 bits per heavy atom. The maximum Gasteiger partial charge on any atom is 0.262 e. The number of benzene rings is 1. The van der Waals surface area contributed by atoms with Crippen LogP contribution in [0.15, 0.2) is 18.2 Å². The van der Waals surface area contributed by atoms with Gasteiger partial charge < -0.3 is 15.4 Å². The first kappa shape index (κ1) is 13.9. The molecule has 1 aromatic carbocycles. The van der Waals surface area contributed by atoms with Crippen molar-refractivity contribution in [3.8, 4) is 5.75 Å². The molecule has 1 aromatic rings. The van der Waals surface area contributed by atoms with Crippen LogP contribution < -0.4 is 15.4 Å². The second-order valence-electron chi connectivity index (χ2n) is 6.20. The Morgan fingerprint density at radius 3 is 2.79 bits per heavy atom. The summed E-state index contributed by atoms with van der Waals surface area (Å²) >= 11 is 0. The molecule has 2 rings (SSSR count). The minimum Gasteiger partial charge on any atom is -0.482 e. The average molecular weight is 262 g/mol. The van der Waals surface area contributed by atoms with Gasteiger partial charge in [-0.3, -0.25) is 4.79 Å². The van der Waals surface area contributed by atoms with E-state index in [-0.39, 0.29) is 24.0 Å². The number of fused-ring (bicyclic) bond motifs is 1. The van der Waals surface area contributed by atoms with E-state index >= 15 is 0 Å². The van der Waals surface area contributed by atoms with Crippen molar-refractivity contribution in [2.24, 2.45) is 5.41 Å². The standard InChI is InChI=1S/C15H22N2O2/c1-15(2,3)8-12(16-4)10-5-6-13-11(7-10)17-14(18)9-19-13/h5-7,12,16H,8-9H2,1-4H3,(H,17,18). The van der Waals surface area contributed by atoms with E-state index in [1.807, 2.05) is 19.2 Å². The first-order valence-electron chi connectivity index (χ1n) is 6.63. The third-order valence-corrected chi connectivity index (χ3v) is 3.20. The summed E-state index contributed by atoms with van der Waals surface area (Å²) in [5.41, 5.74) is 2.17. The molecule has 19 heavy (non-hydrogen) atoms. The second-order valence-corrected chi connectivity index (χ2v) is 6.20. The van der Waals surface area contributed by atoms with Crippen LogP contribution >= 0.6 is 0 Å². The zero-order valence-electron chi connectivity index (χ0n) is 12.0. The van der Waals surface area contributed by atoms with Gasteiger partial charge in [-0.15, -0.1) is 0 Å². The van der Waals surface area contributed by atoms with Gasteiger partial charge in [0, 0.05) is 6.04 Å². The Hall–Kier alpha value is -1.55. The summed E-state index contributed by atoms with van der Waals surface area (Å²) in [6, 6.07) is 6.25. The molecule has 1 unspecified atom stereocenters. The van der Waals surface area contributed by atoms with Crippen molar-refractivity contribution in [1.29, 1.82) is 0 Å². The van der Waals surface area contributed by atoms with E-state index in [2.05, 4.69) is 37.5 Å². The fraction of sp³-hybridized carbons (Fsp3) is 0.533. The average Bonchev–Trinajstić information content (AvgIpc) is 2.34. The number of carbonyl (C=O) groups is 1. The van der Waals surface area contributed by atoms with E-state index in [0.717, 1.165) is 17.9 Å². The third kappa shape index (κ3) is 3.47. The van der Waals surface area contributed by atoms with E-state index in [4.69, 9.17) is 4.74 Å². The number of hydrogen-bond acceptors (Lipinski definition) is 3. The van der Waals surface area contributed by atoms with Gasteiger partial charge in [0.05, 0.1) is 5.69 Å². The van der Waals surface area contributed by atoms with Crippen LogP contribution in [-0.4, -0.2) is 19.6 Å². The van der Waals surface area contributed by atoms with Crippen molar-refractivity contribution in [3.63, 3.8) is 0 Å². The van der Waals surface area contributed by atoms with Crippen molar-refractivity contribution < 1.29 is 9.53 Å². The monoisotopic (exact) mass is 262 g/mol. The van der Waals surface area contributed by atoms with Gasteiger partial charge in [0.25, 0.3) is 5.91 Å². The molecule has 1 aliphatic heterocycles. The summed E-state index contributed by atoms with van der Waals surface area (Å²) in [6.45, 7) is 6.77. The quantitative estimate of drug-likeness (QED) is 0.880. The molecule has 0 fully saturated rings. The maximum absolute atomic E-state index is 11.4. The van der Waals surface area contributed by atoms with Gasteiger partial charge in [0.15, 0.2) is 6.61 Å². The zero-order valence-corrected chi connectivity index (χ0v) is 12.0. The lowest BCUT2D eigenvalue weighted by Gasteiger charge is -2.27. The minimum absolute atomic E-state index is 0.0959. The van der Waals surface area contributed by atoms with Crippen molar-refractivity contribution >= 4 is 11.6 Å². The Bertz CT molecular complexity index is 478. The van der Waals surface area contributed by atoms with Gasteiger partial charge in [-0.05, 0) is 36.6 Å². The first-order valence-corrected chi connectivity index (χ1v) is 6.63. The highest BCUT2D eigenvalue weighted by Gasteiger charge is 2.22. The normalized spacial score (nSPS) is 16.3. The van der Waals surface area contributed by atoms with Gasteiger partial charge in [-0.2, -0.15) is 0 Å². The predicted octanol–water partition coefficient (Wildman–Crippen LogP) is 2.71. The largest absolute Gasteiger partial charge is 0.482 e. The lowest BCUT2D eigenvalue weighted by Crippen LogP contribution is -2.26. The van der Waals surface area contributed by atoms with Crippen LogP contribution in [0.2, 0.25) is 0 Å². The molecular weight excluding hydrogens is 240 g/mol. The van der Waals surface area contributed by atoms with Crippen molar-refractivity contribution in [1.82, 2.24) is 5.32 Å². The summed E-state index contributed by atoms with van der Waals surface area (Å²) < 4.78 is 5.37. The van der Waals surface area contributed by atoms with E-state index in [0.29, 0.717) is 0 Å². The molecule has 4 heteroatoms. The SMILES string of the molecule is CNC(CC(C)(C)C)c1ccc2c(c1)NC(=O)CO2. The van der Waals surface area contributed by atoms with Gasteiger partial charge in [0.2, 0.25) is 0 Å². The number of rotatable bonds is 3. The van der Waals surface area contributed by atoms with Gasteiger partial charge in [0.1, 0.15) is 5.75 Å². The lowest BCUT2D eigenvalue weighted by atomic mass is 9.85. The molecule has 0 saturated carbocycles. The molecular formula is C15H22N2O2.